The van der Waals surface area contributed by atoms with Gasteiger partial charge >= 0.3 is 0 Å². The quantitative estimate of drug-likeness (QED) is 0.324. The average Bonchev–Trinajstić information content (AvgIpc) is 3.24. The van der Waals surface area contributed by atoms with Crippen molar-refractivity contribution in [2.24, 2.45) is 0 Å². The Hall–Kier alpha value is -3.36. The van der Waals surface area contributed by atoms with Crippen molar-refractivity contribution in [2.45, 2.75) is 0 Å². The molecule has 3 aromatic rings. The molecule has 0 radical (unpaired) electrons. The van der Waals surface area contributed by atoms with Crippen molar-refractivity contribution in [2.75, 3.05) is 30.9 Å². The third-order valence-electron chi connectivity index (χ3n) is 4.17. The highest BCUT2D eigenvalue weighted by Crippen LogP contribution is 2.28. The zero-order chi connectivity index (χ0) is 20.8. The van der Waals surface area contributed by atoms with E-state index in [1.165, 1.54) is 18.2 Å². The molecule has 1 aromatic heterocycles. The van der Waals surface area contributed by atoms with Crippen LogP contribution in [0, 0.1) is 10.1 Å². The van der Waals surface area contributed by atoms with Crippen molar-refractivity contribution >= 4 is 34.6 Å². The van der Waals surface area contributed by atoms with E-state index in [4.69, 9.17) is 16.3 Å². The van der Waals surface area contributed by atoms with E-state index in [1.807, 2.05) is 29.1 Å². The Labute approximate surface area is 172 Å². The Kier molecular flexibility index (Phi) is 6.48. The van der Waals surface area contributed by atoms with E-state index in [1.54, 1.807) is 25.3 Å². The molecule has 0 fully saturated rings. The van der Waals surface area contributed by atoms with E-state index >= 15 is 0 Å². The summed E-state index contributed by atoms with van der Waals surface area (Å²) < 4.78 is 6.75. The Morgan fingerprint density at radius 2 is 1.90 bits per heavy atom. The Morgan fingerprint density at radius 1 is 1.17 bits per heavy atom. The zero-order valence-corrected chi connectivity index (χ0v) is 16.3. The van der Waals surface area contributed by atoms with Crippen molar-refractivity contribution in [3.63, 3.8) is 0 Å². The van der Waals surface area contributed by atoms with Crippen LogP contribution in [0.2, 0.25) is 5.02 Å². The number of amides is 1. The van der Waals surface area contributed by atoms with Crippen molar-refractivity contribution < 1.29 is 14.5 Å². The van der Waals surface area contributed by atoms with Gasteiger partial charge in [0.1, 0.15) is 5.69 Å². The lowest BCUT2D eigenvalue weighted by molar-refractivity contribution is -0.384. The fourth-order valence-electron chi connectivity index (χ4n) is 2.77. The highest BCUT2D eigenvalue weighted by Gasteiger charge is 2.18. The molecular formula is C20H19ClN4O4. The number of halogens is 1. The summed E-state index contributed by atoms with van der Waals surface area (Å²) in [6, 6.07) is 13.1. The molecule has 0 unspecified atom stereocenters. The minimum absolute atomic E-state index is 0.169. The Morgan fingerprint density at radius 3 is 2.59 bits per heavy atom. The van der Waals surface area contributed by atoms with E-state index in [-0.39, 0.29) is 11.3 Å². The lowest BCUT2D eigenvalue weighted by atomic mass is 10.1. The second-order valence-electron chi connectivity index (χ2n) is 6.11. The number of nitro benzene ring substituents is 1. The van der Waals surface area contributed by atoms with E-state index in [0.29, 0.717) is 35.2 Å². The molecule has 2 aromatic carbocycles. The second-order valence-corrected chi connectivity index (χ2v) is 6.55. The molecule has 29 heavy (non-hydrogen) atoms. The third-order valence-corrected chi connectivity index (χ3v) is 4.40. The highest BCUT2D eigenvalue weighted by atomic mass is 35.5. The summed E-state index contributed by atoms with van der Waals surface area (Å²) in [5, 5.41) is 17.7. The van der Waals surface area contributed by atoms with Crippen LogP contribution in [-0.4, -0.2) is 35.7 Å². The number of nitro groups is 1. The smallest absolute Gasteiger partial charge is 0.293 e. The van der Waals surface area contributed by atoms with E-state index < -0.39 is 10.8 Å². The van der Waals surface area contributed by atoms with Crippen LogP contribution in [0.25, 0.3) is 5.69 Å². The van der Waals surface area contributed by atoms with Crippen molar-refractivity contribution in [3.8, 4) is 5.69 Å². The summed E-state index contributed by atoms with van der Waals surface area (Å²) in [7, 11) is 1.54. The lowest BCUT2D eigenvalue weighted by Gasteiger charge is -2.13. The van der Waals surface area contributed by atoms with Gasteiger partial charge in [-0.05, 0) is 42.5 Å². The molecule has 1 heterocycles. The van der Waals surface area contributed by atoms with Crippen LogP contribution in [0.4, 0.5) is 17.1 Å². The second kappa shape index (κ2) is 9.22. The highest BCUT2D eigenvalue weighted by molar-refractivity contribution is 6.31. The fourth-order valence-corrected chi connectivity index (χ4v) is 2.94. The molecule has 0 spiro atoms. The number of nitrogens with one attached hydrogen (secondary N) is 2. The minimum Gasteiger partial charge on any atom is -0.383 e. The first-order chi connectivity index (χ1) is 14.0. The lowest BCUT2D eigenvalue weighted by Crippen LogP contribution is -2.15. The van der Waals surface area contributed by atoms with Gasteiger partial charge in [0, 0.05) is 42.7 Å². The summed E-state index contributed by atoms with van der Waals surface area (Å²) in [4.78, 5) is 23.6. The van der Waals surface area contributed by atoms with Crippen molar-refractivity contribution in [3.05, 3.63) is 81.6 Å². The SMILES string of the molecule is COCCNc1ccc(C(=O)Nc2ccc(Cl)cc2-n2cccc2)cc1[N+](=O)[O-]. The standard InChI is InChI=1S/C20H19ClN4O4/c1-29-11-8-22-16-6-4-14(12-19(16)25(27)28)20(26)23-17-7-5-15(21)13-18(17)24-9-2-3-10-24/h2-7,9-10,12-13,22H,8,11H2,1H3,(H,23,26). The van der Waals surface area contributed by atoms with Crippen molar-refractivity contribution in [1.29, 1.82) is 0 Å². The molecule has 2 N–H and O–H groups in total. The van der Waals surface area contributed by atoms with Crippen LogP contribution >= 0.6 is 11.6 Å². The number of carbonyl (C=O) groups is 1. The number of anilines is 2. The first-order valence-electron chi connectivity index (χ1n) is 8.75. The number of methoxy groups -OCH3 is 1. The monoisotopic (exact) mass is 414 g/mol. The zero-order valence-electron chi connectivity index (χ0n) is 15.6. The number of nitrogens with zero attached hydrogens (tertiary/aromatic N) is 2. The molecule has 0 saturated carbocycles. The summed E-state index contributed by atoms with van der Waals surface area (Å²) in [6.07, 6.45) is 3.65. The van der Waals surface area contributed by atoms with E-state index in [2.05, 4.69) is 10.6 Å². The summed E-state index contributed by atoms with van der Waals surface area (Å²) in [6.45, 7) is 0.812. The number of aromatic nitrogens is 1. The van der Waals surface area contributed by atoms with Crippen LogP contribution in [-0.2, 0) is 4.74 Å². The Balaban J connectivity index is 1.86. The maximum absolute atomic E-state index is 12.8. The molecule has 1 amide bonds. The minimum atomic E-state index is -0.528. The number of hydrogen-bond acceptors (Lipinski definition) is 5. The molecule has 3 rings (SSSR count). The first-order valence-corrected chi connectivity index (χ1v) is 9.13. The molecule has 0 aliphatic heterocycles. The summed E-state index contributed by atoms with van der Waals surface area (Å²) in [5.74, 6) is -0.465. The summed E-state index contributed by atoms with van der Waals surface area (Å²) in [5.41, 5.74) is 1.52. The topological polar surface area (TPSA) is 98.4 Å². The van der Waals surface area contributed by atoms with Gasteiger partial charge in [-0.3, -0.25) is 14.9 Å². The van der Waals surface area contributed by atoms with E-state index in [0.717, 1.165) is 0 Å². The van der Waals surface area contributed by atoms with Gasteiger partial charge in [0.25, 0.3) is 11.6 Å². The molecule has 8 nitrogen and oxygen atoms in total. The first kappa shape index (κ1) is 20.4. The van der Waals surface area contributed by atoms with Gasteiger partial charge in [-0.2, -0.15) is 0 Å². The normalized spacial score (nSPS) is 10.6. The maximum atomic E-state index is 12.8. The van der Waals surface area contributed by atoms with E-state index in [9.17, 15) is 14.9 Å². The van der Waals surface area contributed by atoms with Gasteiger partial charge in [0.2, 0.25) is 0 Å². The number of carbonyl (C=O) groups excluding carboxylic acids is 1. The van der Waals surface area contributed by atoms with Crippen LogP contribution in [0.5, 0.6) is 0 Å². The van der Waals surface area contributed by atoms with Crippen LogP contribution in [0.1, 0.15) is 10.4 Å². The third kappa shape index (κ3) is 4.92. The molecular weight excluding hydrogens is 396 g/mol. The maximum Gasteiger partial charge on any atom is 0.293 e. The Bertz CT molecular complexity index is 1020. The van der Waals surface area contributed by atoms with Gasteiger partial charge in [-0.1, -0.05) is 11.6 Å². The summed E-state index contributed by atoms with van der Waals surface area (Å²) >= 11 is 6.10. The van der Waals surface area contributed by atoms with Crippen LogP contribution in [0.15, 0.2) is 60.9 Å². The van der Waals surface area contributed by atoms with Gasteiger partial charge in [-0.25, -0.2) is 0 Å². The molecule has 0 aliphatic carbocycles. The number of ether oxygens (including phenoxy) is 1. The number of hydrogen-bond donors (Lipinski definition) is 2. The van der Waals surface area contributed by atoms with Crippen LogP contribution in [0.3, 0.4) is 0 Å². The predicted octanol–water partition coefficient (Wildman–Crippen LogP) is 4.35. The van der Waals surface area contributed by atoms with Gasteiger partial charge in [-0.15, -0.1) is 0 Å². The molecule has 0 aliphatic rings. The molecule has 0 bridgehead atoms. The van der Waals surface area contributed by atoms with Gasteiger partial charge in [0.15, 0.2) is 0 Å². The number of rotatable bonds is 8. The van der Waals surface area contributed by atoms with Crippen molar-refractivity contribution in [1.82, 2.24) is 4.57 Å². The van der Waals surface area contributed by atoms with Crippen LogP contribution < -0.4 is 10.6 Å². The van der Waals surface area contributed by atoms with Gasteiger partial charge in [0.05, 0.1) is 22.9 Å². The molecule has 0 atom stereocenters. The predicted molar refractivity (Wildman–Crippen MR) is 112 cm³/mol. The molecule has 0 saturated heterocycles. The fraction of sp³-hybridized carbons (Fsp3) is 0.150. The average molecular weight is 415 g/mol. The largest absolute Gasteiger partial charge is 0.383 e. The molecule has 9 heteroatoms. The number of benzene rings is 2. The van der Waals surface area contributed by atoms with Gasteiger partial charge < -0.3 is 19.9 Å². The molecule has 150 valence electrons.